The minimum Gasteiger partial charge on any atom is -0.360 e. The highest BCUT2D eigenvalue weighted by Crippen LogP contribution is 2.19. The van der Waals surface area contributed by atoms with Gasteiger partial charge in [0.1, 0.15) is 0 Å². The highest BCUT2D eigenvalue weighted by atomic mass is 32.1. The molecule has 0 saturated carbocycles. The summed E-state index contributed by atoms with van der Waals surface area (Å²) in [5.41, 5.74) is 1.09. The van der Waals surface area contributed by atoms with E-state index in [1.165, 1.54) is 0 Å². The summed E-state index contributed by atoms with van der Waals surface area (Å²) in [5, 5.41) is 0. The van der Waals surface area contributed by atoms with Gasteiger partial charge in [0.05, 0.1) is 13.4 Å². The second-order valence-corrected chi connectivity index (χ2v) is 3.88. The van der Waals surface area contributed by atoms with Crippen molar-refractivity contribution < 1.29 is 4.52 Å². The lowest BCUT2D eigenvalue weighted by atomic mass is 10.2. The smallest absolute Gasteiger partial charge is 0.0697 e. The van der Waals surface area contributed by atoms with E-state index < -0.39 is 0 Å². The molecule has 0 spiro atoms. The summed E-state index contributed by atoms with van der Waals surface area (Å²) in [6.45, 7) is 0. The average molecular weight is 184 g/mol. The molecule has 0 heterocycles. The van der Waals surface area contributed by atoms with Crippen LogP contribution in [0.4, 0.5) is 0 Å². The molecule has 1 rings (SSSR count). The summed E-state index contributed by atoms with van der Waals surface area (Å²) in [7, 11) is 1.96. The summed E-state index contributed by atoms with van der Waals surface area (Å²) in [4.78, 5) is 0. The summed E-state index contributed by atoms with van der Waals surface area (Å²) >= 11 is 5.11. The third kappa shape index (κ3) is 2.66. The third-order valence-corrected chi connectivity index (χ3v) is 2.39. The Morgan fingerprint density at radius 2 is 2.00 bits per heavy atom. The molecule has 1 atom stereocenters. The molecule has 3 heteroatoms. The molecule has 1 unspecified atom stereocenters. The van der Waals surface area contributed by atoms with Crippen LogP contribution in [-0.2, 0) is 4.52 Å². The molecule has 0 aliphatic carbocycles. The first-order valence-electron chi connectivity index (χ1n) is 3.23. The number of thiocarbonyl (C=S) groups is 1. The van der Waals surface area contributed by atoms with Gasteiger partial charge in [-0.2, -0.15) is 0 Å². The van der Waals surface area contributed by atoms with Crippen LogP contribution in [0.1, 0.15) is 5.56 Å². The first-order chi connectivity index (χ1) is 5.34. The van der Waals surface area contributed by atoms with Gasteiger partial charge < -0.3 is 4.52 Å². The highest BCUT2D eigenvalue weighted by molar-refractivity contribution is 7.93. The number of benzene rings is 1. The van der Waals surface area contributed by atoms with Crippen LogP contribution in [0.3, 0.4) is 0 Å². The molecule has 1 aromatic rings. The van der Waals surface area contributed by atoms with Crippen LogP contribution < -0.4 is 0 Å². The first-order valence-corrected chi connectivity index (χ1v) is 4.54. The fourth-order valence-electron chi connectivity index (χ4n) is 0.741. The Bertz CT molecular complexity index is 235. The largest absolute Gasteiger partial charge is 0.360 e. The minimum atomic E-state index is 0.298. The molecule has 1 aromatic carbocycles. The van der Waals surface area contributed by atoms with Gasteiger partial charge in [0, 0.05) is 7.11 Å². The summed E-state index contributed by atoms with van der Waals surface area (Å²) in [6, 6.07) is 9.91. The second-order valence-electron chi connectivity index (χ2n) is 2.00. The van der Waals surface area contributed by atoms with Crippen molar-refractivity contribution in [3.8, 4) is 0 Å². The maximum absolute atomic E-state index is 5.11. The van der Waals surface area contributed by atoms with E-state index in [2.05, 4.69) is 0 Å². The molecule has 0 saturated heterocycles. The molecule has 11 heavy (non-hydrogen) atoms. The van der Waals surface area contributed by atoms with Crippen LogP contribution in [0, 0.1) is 0 Å². The molecule has 1 nitrogen and oxygen atoms in total. The van der Waals surface area contributed by atoms with Gasteiger partial charge in [-0.25, -0.2) is 0 Å². The molecule has 0 aliphatic heterocycles. The van der Waals surface area contributed by atoms with Crippen molar-refractivity contribution in [1.29, 1.82) is 0 Å². The van der Waals surface area contributed by atoms with Crippen LogP contribution in [0.2, 0.25) is 0 Å². The lowest BCUT2D eigenvalue weighted by molar-refractivity contribution is 0.483. The number of hydrogen-bond donors (Lipinski definition) is 0. The van der Waals surface area contributed by atoms with Gasteiger partial charge in [0.15, 0.2) is 0 Å². The number of rotatable bonds is 3. The van der Waals surface area contributed by atoms with Crippen molar-refractivity contribution in [3.63, 3.8) is 0 Å². The van der Waals surface area contributed by atoms with Crippen LogP contribution in [0.25, 0.3) is 0 Å². The molecule has 0 aromatic heterocycles. The van der Waals surface area contributed by atoms with Crippen molar-refractivity contribution in [1.82, 2.24) is 0 Å². The van der Waals surface area contributed by atoms with Crippen molar-refractivity contribution in [2.24, 2.45) is 0 Å². The Morgan fingerprint density at radius 1 is 1.36 bits per heavy atom. The molecule has 58 valence electrons. The monoisotopic (exact) mass is 184 g/mol. The second kappa shape index (κ2) is 4.55. The van der Waals surface area contributed by atoms with E-state index in [9.17, 15) is 0 Å². The van der Waals surface area contributed by atoms with Gasteiger partial charge in [-0.15, -0.1) is 0 Å². The summed E-state index contributed by atoms with van der Waals surface area (Å²) < 4.78 is 5.83. The zero-order valence-corrected chi connectivity index (χ0v) is 8.02. The molecule has 0 radical (unpaired) electrons. The molecule has 0 amide bonds. The predicted octanol–water partition coefficient (Wildman–Crippen LogP) is 2.60. The van der Waals surface area contributed by atoms with Crippen molar-refractivity contribution in [2.75, 3.05) is 7.11 Å². The molecular formula is C8H9OPS. The van der Waals surface area contributed by atoms with E-state index in [1.54, 1.807) is 7.11 Å². The van der Waals surface area contributed by atoms with Crippen molar-refractivity contribution in [2.45, 2.75) is 0 Å². The van der Waals surface area contributed by atoms with Gasteiger partial charge in [-0.3, -0.25) is 0 Å². The van der Waals surface area contributed by atoms with Crippen LogP contribution in [0.15, 0.2) is 30.3 Å². The fraction of sp³-hybridized carbons (Fsp3) is 0.125. The average Bonchev–Trinajstić information content (AvgIpc) is 2.07. The Balaban J connectivity index is 2.69. The van der Waals surface area contributed by atoms with Crippen molar-refractivity contribution in [3.05, 3.63) is 35.9 Å². The van der Waals surface area contributed by atoms with Crippen LogP contribution >= 0.6 is 21.0 Å². The SMILES string of the molecule is COPC(=S)c1ccccc1. The maximum Gasteiger partial charge on any atom is 0.0697 e. The van der Waals surface area contributed by atoms with E-state index in [0.29, 0.717) is 8.81 Å². The van der Waals surface area contributed by atoms with Gasteiger partial charge in [0.25, 0.3) is 0 Å². The third-order valence-electron chi connectivity index (χ3n) is 1.23. The normalized spacial score (nSPS) is 10.6. The molecule has 0 fully saturated rings. The summed E-state index contributed by atoms with van der Waals surface area (Å²) in [6.07, 6.45) is 0. The van der Waals surface area contributed by atoms with E-state index in [1.807, 2.05) is 30.3 Å². The molecule has 0 bridgehead atoms. The van der Waals surface area contributed by atoms with Gasteiger partial charge >= 0.3 is 0 Å². The van der Waals surface area contributed by atoms with E-state index in [0.717, 1.165) is 10.2 Å². The summed E-state index contributed by atoms with van der Waals surface area (Å²) in [5.74, 6) is 0. The first kappa shape index (κ1) is 8.79. The van der Waals surface area contributed by atoms with Crippen LogP contribution in [-0.4, -0.2) is 11.7 Å². The lowest BCUT2D eigenvalue weighted by Crippen LogP contribution is -1.87. The fourth-order valence-corrected chi connectivity index (χ4v) is 1.60. The Labute approximate surface area is 73.6 Å². The van der Waals surface area contributed by atoms with Crippen LogP contribution in [0.5, 0.6) is 0 Å². The van der Waals surface area contributed by atoms with E-state index >= 15 is 0 Å². The van der Waals surface area contributed by atoms with Gasteiger partial charge in [-0.1, -0.05) is 42.5 Å². The van der Waals surface area contributed by atoms with Crippen molar-refractivity contribution >= 4 is 25.6 Å². The molecule has 0 N–H and O–H groups in total. The number of hydrogen-bond acceptors (Lipinski definition) is 2. The Morgan fingerprint density at radius 3 is 2.55 bits per heavy atom. The maximum atomic E-state index is 5.11. The van der Waals surface area contributed by atoms with E-state index in [4.69, 9.17) is 16.7 Å². The molecule has 0 aliphatic rings. The van der Waals surface area contributed by atoms with Gasteiger partial charge in [0.2, 0.25) is 0 Å². The minimum absolute atomic E-state index is 0.298. The Kier molecular flexibility index (Phi) is 3.64. The topological polar surface area (TPSA) is 9.23 Å². The predicted molar refractivity (Wildman–Crippen MR) is 53.5 cm³/mol. The zero-order valence-electron chi connectivity index (χ0n) is 6.20. The standard InChI is InChI=1S/C8H9OPS/c1-9-10-8(11)7-5-3-2-4-6-7/h2-6,10H,1H3. The van der Waals surface area contributed by atoms with E-state index in [-0.39, 0.29) is 0 Å². The quantitative estimate of drug-likeness (QED) is 0.527. The Hall–Kier alpha value is -0.300. The van der Waals surface area contributed by atoms with Gasteiger partial charge in [-0.05, 0) is 5.56 Å². The molecular weight excluding hydrogens is 175 g/mol. The lowest BCUT2D eigenvalue weighted by Gasteiger charge is -2.00. The zero-order chi connectivity index (χ0) is 8.10. The highest BCUT2D eigenvalue weighted by Gasteiger charge is 1.97.